The smallest absolute Gasteiger partial charge is 0.341 e. The summed E-state index contributed by atoms with van der Waals surface area (Å²) in [4.78, 5) is 31.0. The molecule has 4 rings (SSSR count). The van der Waals surface area contributed by atoms with Gasteiger partial charge in [0.25, 0.3) is 5.78 Å². The Hall–Kier alpha value is -2.46. The maximum atomic E-state index is 12.7. The van der Waals surface area contributed by atoms with Crippen molar-refractivity contribution in [2.45, 2.75) is 64.6 Å². The molecule has 1 N–H and O–H groups in total. The lowest BCUT2D eigenvalue weighted by Crippen LogP contribution is -2.19. The number of thiophene rings is 1. The summed E-state index contributed by atoms with van der Waals surface area (Å²) in [6.07, 6.45) is 3.71. The van der Waals surface area contributed by atoms with Crippen molar-refractivity contribution < 1.29 is 14.3 Å². The van der Waals surface area contributed by atoms with Crippen LogP contribution in [0, 0.1) is 13.8 Å². The number of fused-ring (bicyclic) bond motifs is 2. The molecule has 3 heterocycles. The Balaban J connectivity index is 1.51. The standard InChI is InChI=1S/C21H25N5O3S2/c1-11(2)29-19(28)17-14-7-5-6-8-15(14)31-18(17)23-16(27)10-30-21-25-24-20-22-12(3)9-13(4)26(20)21/h9,11H,5-8,10H2,1-4H3,(H,23,27). The van der Waals surface area contributed by atoms with Crippen LogP contribution in [-0.2, 0) is 22.4 Å². The third-order valence-electron chi connectivity index (χ3n) is 4.97. The number of rotatable bonds is 6. The number of aryl methyl sites for hydroxylation is 3. The average Bonchev–Trinajstić information content (AvgIpc) is 3.26. The molecule has 1 aliphatic rings. The van der Waals surface area contributed by atoms with Crippen LogP contribution in [0.15, 0.2) is 11.2 Å². The molecule has 0 spiro atoms. The Morgan fingerprint density at radius 3 is 2.81 bits per heavy atom. The highest BCUT2D eigenvalue weighted by molar-refractivity contribution is 7.99. The van der Waals surface area contributed by atoms with Crippen LogP contribution in [-0.4, -0.2) is 43.3 Å². The number of nitrogens with zero attached hydrogens (tertiary/aromatic N) is 4. The number of thioether (sulfide) groups is 1. The molecule has 0 fully saturated rings. The quantitative estimate of drug-likeness (QED) is 0.440. The van der Waals surface area contributed by atoms with E-state index in [0.717, 1.165) is 42.6 Å². The molecule has 164 valence electrons. The van der Waals surface area contributed by atoms with Gasteiger partial charge in [-0.05, 0) is 65.0 Å². The molecule has 8 nitrogen and oxygen atoms in total. The van der Waals surface area contributed by atoms with E-state index < -0.39 is 0 Å². The Kier molecular flexibility index (Phi) is 6.29. The SMILES string of the molecule is Cc1cc(C)n2c(SCC(=O)Nc3sc4c(c3C(=O)OC(C)C)CCCC4)nnc2n1. The second-order valence-corrected chi connectivity index (χ2v) is 9.91. The third kappa shape index (κ3) is 4.59. The summed E-state index contributed by atoms with van der Waals surface area (Å²) >= 11 is 2.78. The lowest BCUT2D eigenvalue weighted by atomic mass is 9.95. The van der Waals surface area contributed by atoms with E-state index in [1.54, 1.807) is 0 Å². The van der Waals surface area contributed by atoms with E-state index >= 15 is 0 Å². The Labute approximate surface area is 188 Å². The first-order chi connectivity index (χ1) is 14.8. The first kappa shape index (κ1) is 21.8. The van der Waals surface area contributed by atoms with Crippen LogP contribution in [0.4, 0.5) is 5.00 Å². The first-order valence-electron chi connectivity index (χ1n) is 10.3. The van der Waals surface area contributed by atoms with Gasteiger partial charge in [0.1, 0.15) is 5.00 Å². The van der Waals surface area contributed by atoms with Gasteiger partial charge in [-0.1, -0.05) is 11.8 Å². The molecule has 3 aromatic heterocycles. The number of carbonyl (C=O) groups excluding carboxylic acids is 2. The van der Waals surface area contributed by atoms with Crippen molar-refractivity contribution in [2.24, 2.45) is 0 Å². The molecule has 0 bridgehead atoms. The van der Waals surface area contributed by atoms with Crippen LogP contribution < -0.4 is 5.32 Å². The van der Waals surface area contributed by atoms with Gasteiger partial charge in [0, 0.05) is 16.3 Å². The summed E-state index contributed by atoms with van der Waals surface area (Å²) in [7, 11) is 0. The molecule has 1 aliphatic carbocycles. The van der Waals surface area contributed by atoms with Crippen LogP contribution >= 0.6 is 23.1 Å². The van der Waals surface area contributed by atoms with Gasteiger partial charge in [-0.3, -0.25) is 9.20 Å². The van der Waals surface area contributed by atoms with E-state index in [-0.39, 0.29) is 23.7 Å². The average molecular weight is 460 g/mol. The van der Waals surface area contributed by atoms with Gasteiger partial charge >= 0.3 is 5.97 Å². The van der Waals surface area contributed by atoms with Gasteiger partial charge in [0.2, 0.25) is 5.91 Å². The highest BCUT2D eigenvalue weighted by atomic mass is 32.2. The normalized spacial score (nSPS) is 13.5. The maximum absolute atomic E-state index is 12.7. The fraction of sp³-hybridized carbons (Fsp3) is 0.476. The summed E-state index contributed by atoms with van der Waals surface area (Å²) in [5.41, 5.74) is 3.38. The zero-order valence-electron chi connectivity index (χ0n) is 18.0. The summed E-state index contributed by atoms with van der Waals surface area (Å²) in [6.45, 7) is 7.52. The minimum Gasteiger partial charge on any atom is -0.459 e. The number of esters is 1. The zero-order valence-corrected chi connectivity index (χ0v) is 19.7. The van der Waals surface area contributed by atoms with E-state index in [9.17, 15) is 9.59 Å². The van der Waals surface area contributed by atoms with Crippen molar-refractivity contribution in [3.8, 4) is 0 Å². The van der Waals surface area contributed by atoms with Crippen molar-refractivity contribution in [1.82, 2.24) is 19.6 Å². The highest BCUT2D eigenvalue weighted by Crippen LogP contribution is 2.39. The minimum atomic E-state index is -0.363. The molecule has 1 amide bonds. The Bertz CT molecular complexity index is 1150. The predicted octanol–water partition coefficient (Wildman–Crippen LogP) is 3.98. The maximum Gasteiger partial charge on any atom is 0.341 e. The van der Waals surface area contributed by atoms with Crippen LogP contribution in [0.2, 0.25) is 0 Å². The lowest BCUT2D eigenvalue weighted by molar-refractivity contribution is -0.113. The molecule has 10 heteroatoms. The number of carbonyl (C=O) groups is 2. The van der Waals surface area contributed by atoms with Crippen molar-refractivity contribution >= 4 is 45.8 Å². The second-order valence-electron chi connectivity index (χ2n) is 7.86. The molecule has 0 saturated heterocycles. The molecule has 0 atom stereocenters. The van der Waals surface area contributed by atoms with E-state index in [1.165, 1.54) is 28.0 Å². The number of ether oxygens (including phenoxy) is 1. The molecule has 0 aromatic carbocycles. The van der Waals surface area contributed by atoms with Crippen molar-refractivity contribution in [2.75, 3.05) is 11.1 Å². The van der Waals surface area contributed by atoms with Crippen molar-refractivity contribution in [1.29, 1.82) is 0 Å². The van der Waals surface area contributed by atoms with Crippen LogP contribution in [0.1, 0.15) is 58.9 Å². The molecule has 3 aromatic rings. The number of hydrogen-bond acceptors (Lipinski definition) is 8. The molecular weight excluding hydrogens is 434 g/mol. The molecule has 0 aliphatic heterocycles. The molecule has 0 radical (unpaired) electrons. The van der Waals surface area contributed by atoms with Gasteiger partial charge < -0.3 is 10.1 Å². The number of amides is 1. The van der Waals surface area contributed by atoms with E-state index in [0.29, 0.717) is 21.5 Å². The fourth-order valence-electron chi connectivity index (χ4n) is 3.73. The Morgan fingerprint density at radius 2 is 2.03 bits per heavy atom. The predicted molar refractivity (Wildman–Crippen MR) is 121 cm³/mol. The topological polar surface area (TPSA) is 98.5 Å². The van der Waals surface area contributed by atoms with Crippen LogP contribution in [0.3, 0.4) is 0 Å². The van der Waals surface area contributed by atoms with E-state index in [1.807, 2.05) is 38.2 Å². The summed E-state index contributed by atoms with van der Waals surface area (Å²) < 4.78 is 7.29. The van der Waals surface area contributed by atoms with Gasteiger partial charge in [0.05, 0.1) is 17.4 Å². The lowest BCUT2D eigenvalue weighted by Gasteiger charge is -2.14. The van der Waals surface area contributed by atoms with Gasteiger partial charge in [0.15, 0.2) is 5.16 Å². The van der Waals surface area contributed by atoms with E-state index in [4.69, 9.17) is 4.74 Å². The summed E-state index contributed by atoms with van der Waals surface area (Å²) in [5, 5.41) is 12.4. The Morgan fingerprint density at radius 1 is 1.26 bits per heavy atom. The minimum absolute atomic E-state index is 0.148. The first-order valence-corrected chi connectivity index (χ1v) is 12.1. The monoisotopic (exact) mass is 459 g/mol. The largest absolute Gasteiger partial charge is 0.459 e. The molecule has 0 unspecified atom stereocenters. The number of aromatic nitrogens is 4. The van der Waals surface area contributed by atoms with Crippen molar-refractivity contribution in [3.63, 3.8) is 0 Å². The molecular formula is C21H25N5O3S2. The summed E-state index contributed by atoms with van der Waals surface area (Å²) in [6, 6.07) is 1.95. The van der Waals surface area contributed by atoms with Crippen LogP contribution in [0.25, 0.3) is 5.78 Å². The van der Waals surface area contributed by atoms with Crippen molar-refractivity contribution in [3.05, 3.63) is 33.5 Å². The second kappa shape index (κ2) is 8.96. The van der Waals surface area contributed by atoms with Gasteiger partial charge in [-0.25, -0.2) is 9.78 Å². The molecule has 31 heavy (non-hydrogen) atoms. The molecule has 0 saturated carbocycles. The van der Waals surface area contributed by atoms with Gasteiger partial charge in [-0.15, -0.1) is 21.5 Å². The zero-order chi connectivity index (χ0) is 22.1. The summed E-state index contributed by atoms with van der Waals surface area (Å²) in [5.74, 6) is 0.106. The van der Waals surface area contributed by atoms with E-state index in [2.05, 4.69) is 20.5 Å². The number of anilines is 1. The number of hydrogen-bond donors (Lipinski definition) is 1. The highest BCUT2D eigenvalue weighted by Gasteiger charge is 2.28. The fourth-order valence-corrected chi connectivity index (χ4v) is 5.81. The number of nitrogens with one attached hydrogen (secondary N) is 1. The third-order valence-corrected chi connectivity index (χ3v) is 7.10. The van der Waals surface area contributed by atoms with Gasteiger partial charge in [-0.2, -0.15) is 0 Å². The van der Waals surface area contributed by atoms with Crippen LogP contribution in [0.5, 0.6) is 0 Å².